The van der Waals surface area contributed by atoms with Gasteiger partial charge in [-0.05, 0) is 84.9 Å². The van der Waals surface area contributed by atoms with Gasteiger partial charge in [-0.2, -0.15) is 0 Å². The summed E-state index contributed by atoms with van der Waals surface area (Å²) < 4.78 is 15.1. The van der Waals surface area contributed by atoms with Gasteiger partial charge in [0.05, 0.1) is 45.2 Å². The van der Waals surface area contributed by atoms with Crippen LogP contribution in [-0.2, 0) is 0 Å². The van der Waals surface area contributed by atoms with Gasteiger partial charge in [0.1, 0.15) is 5.52 Å². The molecule has 49 heavy (non-hydrogen) atoms. The first-order valence-electron chi connectivity index (χ1n) is 16.4. The molecule has 0 amide bonds. The molecular weight excluding hydrogens is 604 g/mol. The fourth-order valence-corrected chi connectivity index (χ4v) is 7.59. The Labute approximate surface area is 281 Å². The van der Waals surface area contributed by atoms with Crippen molar-refractivity contribution in [2.45, 2.75) is 0 Å². The molecule has 0 spiro atoms. The summed E-state index contributed by atoms with van der Waals surface area (Å²) in [6.07, 6.45) is 0. The summed E-state index contributed by atoms with van der Waals surface area (Å²) in [7, 11) is 0. The maximum absolute atomic E-state index is 6.49. The number of hydrogen-bond acceptors (Lipinski definition) is 5. The molecule has 6 nitrogen and oxygen atoms in total. The molecule has 0 atom stereocenters. The van der Waals surface area contributed by atoms with Crippen LogP contribution < -0.4 is 14.5 Å². The lowest BCUT2D eigenvalue weighted by atomic mass is 10.1. The Morgan fingerprint density at radius 1 is 0.469 bits per heavy atom. The van der Waals surface area contributed by atoms with Crippen molar-refractivity contribution >= 4 is 67.0 Å². The number of oxazole rings is 1. The SMILES string of the molecule is c1ccc2c(c1)Oc1ccccc1N2c1ccc(-c2nc3ccc(N4c5ccccc5-n5c6ccccc6c6cccc4c65)cc3o2)cc1. The van der Waals surface area contributed by atoms with Crippen molar-refractivity contribution < 1.29 is 9.15 Å². The number of ether oxygens (including phenoxy) is 1. The molecule has 11 rings (SSSR count). The highest BCUT2D eigenvalue weighted by atomic mass is 16.5. The second-order valence-electron chi connectivity index (χ2n) is 12.4. The van der Waals surface area contributed by atoms with Crippen LogP contribution in [0.5, 0.6) is 11.5 Å². The molecule has 0 fully saturated rings. The fraction of sp³-hybridized carbons (Fsp3) is 0. The van der Waals surface area contributed by atoms with Gasteiger partial charge in [-0.25, -0.2) is 4.98 Å². The lowest BCUT2D eigenvalue weighted by Gasteiger charge is -2.33. The predicted octanol–water partition coefficient (Wildman–Crippen LogP) is 12.0. The van der Waals surface area contributed by atoms with Gasteiger partial charge in [0.2, 0.25) is 5.89 Å². The smallest absolute Gasteiger partial charge is 0.227 e. The minimum atomic E-state index is 0.586. The summed E-state index contributed by atoms with van der Waals surface area (Å²) in [5, 5.41) is 2.49. The van der Waals surface area contributed by atoms with E-state index in [1.54, 1.807) is 0 Å². The van der Waals surface area contributed by atoms with Gasteiger partial charge < -0.3 is 23.5 Å². The largest absolute Gasteiger partial charge is 0.453 e. The van der Waals surface area contributed by atoms with Crippen LogP contribution in [0.15, 0.2) is 162 Å². The number of benzene rings is 7. The minimum Gasteiger partial charge on any atom is -0.453 e. The second kappa shape index (κ2) is 9.86. The number of para-hydroxylation sites is 8. The Morgan fingerprint density at radius 3 is 1.88 bits per heavy atom. The van der Waals surface area contributed by atoms with Crippen molar-refractivity contribution in [2.75, 3.05) is 9.80 Å². The molecule has 0 saturated heterocycles. The summed E-state index contributed by atoms with van der Waals surface area (Å²) in [6.45, 7) is 0. The maximum atomic E-state index is 6.49. The third-order valence-electron chi connectivity index (χ3n) is 9.71. The summed E-state index contributed by atoms with van der Waals surface area (Å²) in [6, 6.07) is 54.7. The summed E-state index contributed by atoms with van der Waals surface area (Å²) in [4.78, 5) is 9.48. The highest BCUT2D eigenvalue weighted by Gasteiger charge is 2.29. The van der Waals surface area contributed by atoms with Gasteiger partial charge in [0, 0.05) is 28.1 Å². The van der Waals surface area contributed by atoms with Crippen LogP contribution in [0.1, 0.15) is 0 Å². The molecule has 9 aromatic rings. The van der Waals surface area contributed by atoms with Crippen LogP contribution in [0.3, 0.4) is 0 Å². The van der Waals surface area contributed by atoms with E-state index in [0.29, 0.717) is 5.89 Å². The first kappa shape index (κ1) is 26.3. The average molecular weight is 631 g/mol. The molecule has 0 saturated carbocycles. The Hall–Kier alpha value is -6.79. The standard InChI is InChI=1S/C43H26N4O2/c1-2-12-33-30(10-1)31-11-9-17-38-42(31)47(33)35-14-4-3-13-34(35)46(38)29-24-25-32-41(26-29)49-43(44-32)27-20-22-28(23-21-27)45-36-15-5-7-18-39(36)48-40-19-8-6-16-37(40)45/h1-26H. The molecule has 2 aromatic heterocycles. The summed E-state index contributed by atoms with van der Waals surface area (Å²) in [5.74, 6) is 2.24. The minimum absolute atomic E-state index is 0.586. The zero-order valence-electron chi connectivity index (χ0n) is 26.1. The molecule has 0 N–H and O–H groups in total. The Balaban J connectivity index is 0.999. The molecule has 230 valence electrons. The normalized spacial score (nSPS) is 13.0. The number of hydrogen-bond donors (Lipinski definition) is 0. The van der Waals surface area contributed by atoms with Gasteiger partial charge in [0.15, 0.2) is 17.1 Å². The van der Waals surface area contributed by atoms with E-state index >= 15 is 0 Å². The predicted molar refractivity (Wildman–Crippen MR) is 197 cm³/mol. The van der Waals surface area contributed by atoms with Crippen LogP contribution in [0.4, 0.5) is 34.1 Å². The number of fused-ring (bicyclic) bond motifs is 8. The van der Waals surface area contributed by atoms with E-state index in [1.165, 1.54) is 21.8 Å². The monoisotopic (exact) mass is 630 g/mol. The summed E-state index contributed by atoms with van der Waals surface area (Å²) in [5.41, 5.74) is 12.3. The Kier molecular flexibility index (Phi) is 5.29. The highest BCUT2D eigenvalue weighted by Crippen LogP contribution is 2.51. The lowest BCUT2D eigenvalue weighted by molar-refractivity contribution is 0.477. The fourth-order valence-electron chi connectivity index (χ4n) is 7.59. The van der Waals surface area contributed by atoms with Crippen molar-refractivity contribution in [1.82, 2.24) is 9.55 Å². The maximum Gasteiger partial charge on any atom is 0.227 e. The number of rotatable bonds is 3. The van der Waals surface area contributed by atoms with E-state index in [1.807, 2.05) is 36.4 Å². The van der Waals surface area contributed by atoms with Crippen LogP contribution in [-0.4, -0.2) is 9.55 Å². The van der Waals surface area contributed by atoms with Gasteiger partial charge in [0.25, 0.3) is 0 Å². The van der Waals surface area contributed by atoms with E-state index in [9.17, 15) is 0 Å². The van der Waals surface area contributed by atoms with Crippen LogP contribution in [0, 0.1) is 0 Å². The number of nitrogens with zero attached hydrogens (tertiary/aromatic N) is 4. The average Bonchev–Trinajstić information content (AvgIpc) is 3.74. The van der Waals surface area contributed by atoms with E-state index in [2.05, 4.69) is 136 Å². The molecular formula is C43H26N4O2. The van der Waals surface area contributed by atoms with Gasteiger partial charge in [-0.3, -0.25) is 0 Å². The first-order valence-corrected chi connectivity index (χ1v) is 16.4. The zero-order valence-corrected chi connectivity index (χ0v) is 26.1. The van der Waals surface area contributed by atoms with Crippen molar-refractivity contribution in [2.24, 2.45) is 0 Å². The summed E-state index contributed by atoms with van der Waals surface area (Å²) >= 11 is 0. The molecule has 0 aliphatic carbocycles. The Morgan fingerprint density at radius 2 is 1.08 bits per heavy atom. The van der Waals surface area contributed by atoms with E-state index in [-0.39, 0.29) is 0 Å². The van der Waals surface area contributed by atoms with Crippen LogP contribution in [0.2, 0.25) is 0 Å². The van der Waals surface area contributed by atoms with Crippen LogP contribution >= 0.6 is 0 Å². The van der Waals surface area contributed by atoms with Crippen molar-refractivity contribution in [1.29, 1.82) is 0 Å². The van der Waals surface area contributed by atoms with E-state index in [0.717, 1.165) is 68.0 Å². The third kappa shape index (κ3) is 3.74. The second-order valence-corrected chi connectivity index (χ2v) is 12.4. The molecule has 7 aromatic carbocycles. The molecule has 2 aliphatic heterocycles. The van der Waals surface area contributed by atoms with E-state index < -0.39 is 0 Å². The molecule has 0 bridgehead atoms. The van der Waals surface area contributed by atoms with E-state index in [4.69, 9.17) is 14.1 Å². The zero-order chi connectivity index (χ0) is 32.1. The topological polar surface area (TPSA) is 46.7 Å². The highest BCUT2D eigenvalue weighted by molar-refractivity contribution is 6.16. The molecule has 0 unspecified atom stereocenters. The van der Waals surface area contributed by atoms with Crippen molar-refractivity contribution in [3.63, 3.8) is 0 Å². The van der Waals surface area contributed by atoms with Gasteiger partial charge in [-0.15, -0.1) is 0 Å². The quantitative estimate of drug-likeness (QED) is 0.194. The number of anilines is 6. The molecule has 6 heteroatoms. The Bertz CT molecular complexity index is 2730. The van der Waals surface area contributed by atoms with Crippen LogP contribution in [0.25, 0.3) is 50.0 Å². The van der Waals surface area contributed by atoms with Crippen molar-refractivity contribution in [3.8, 4) is 28.6 Å². The molecule has 4 heterocycles. The molecule has 2 aliphatic rings. The number of aromatic nitrogens is 2. The van der Waals surface area contributed by atoms with Crippen molar-refractivity contribution in [3.05, 3.63) is 158 Å². The third-order valence-corrected chi connectivity index (χ3v) is 9.71. The van der Waals surface area contributed by atoms with Gasteiger partial charge in [-0.1, -0.05) is 66.7 Å². The van der Waals surface area contributed by atoms with Gasteiger partial charge >= 0.3 is 0 Å². The first-order chi connectivity index (χ1) is 24.3. The molecule has 0 radical (unpaired) electrons. The lowest BCUT2D eigenvalue weighted by Crippen LogP contribution is -2.17.